The maximum atomic E-state index is 10.9. The van der Waals surface area contributed by atoms with Crippen molar-refractivity contribution < 1.29 is 14.7 Å². The Morgan fingerprint density at radius 3 is 2.88 bits per heavy atom. The van der Waals surface area contributed by atoms with Gasteiger partial charge in [-0.05, 0) is 24.6 Å². The molecule has 0 aliphatic rings. The van der Waals surface area contributed by atoms with Gasteiger partial charge in [0.25, 0.3) is 0 Å². The summed E-state index contributed by atoms with van der Waals surface area (Å²) in [5, 5.41) is 14.6. The molecule has 6 heteroatoms. The number of rotatable bonds is 3. The highest BCUT2D eigenvalue weighted by Crippen LogP contribution is 2.19. The van der Waals surface area contributed by atoms with E-state index in [2.05, 4.69) is 10.5 Å². The fourth-order valence-electron chi connectivity index (χ4n) is 1.18. The number of nitrogens with zero attached hydrogens (tertiary/aromatic N) is 1. The summed E-state index contributed by atoms with van der Waals surface area (Å²) in [6.07, 6.45) is -0.529. The van der Waals surface area contributed by atoms with Crippen molar-refractivity contribution in [1.82, 2.24) is 5.32 Å². The molecule has 0 fully saturated rings. The molecule has 0 saturated heterocycles. The fourth-order valence-corrected chi connectivity index (χ4v) is 1.36. The molecule has 1 aromatic rings. The van der Waals surface area contributed by atoms with Gasteiger partial charge in [-0.2, -0.15) is 0 Å². The van der Waals surface area contributed by atoms with Crippen LogP contribution in [0.5, 0.6) is 0 Å². The predicted molar refractivity (Wildman–Crippen MR) is 64.7 cm³/mol. The van der Waals surface area contributed by atoms with E-state index in [0.717, 1.165) is 0 Å². The molecule has 0 unspecified atom stereocenters. The summed E-state index contributed by atoms with van der Waals surface area (Å²) < 4.78 is 4.89. The number of ether oxygens (including phenoxy) is 1. The Morgan fingerprint density at radius 2 is 2.29 bits per heavy atom. The third kappa shape index (κ3) is 3.64. The van der Waals surface area contributed by atoms with E-state index in [-0.39, 0.29) is 6.61 Å². The molecule has 1 amide bonds. The van der Waals surface area contributed by atoms with Crippen LogP contribution in [0.4, 0.5) is 4.79 Å². The molecule has 92 valence electrons. The average Bonchev–Trinajstić information content (AvgIpc) is 2.36. The van der Waals surface area contributed by atoms with Crippen LogP contribution in [0.2, 0.25) is 5.02 Å². The Balaban J connectivity index is 2.87. The summed E-state index contributed by atoms with van der Waals surface area (Å²) in [5.74, 6) is 0. The second kappa shape index (κ2) is 6.10. The zero-order valence-electron chi connectivity index (χ0n) is 9.53. The van der Waals surface area contributed by atoms with E-state index in [9.17, 15) is 4.79 Å². The number of nitrogens with one attached hydrogen (secondary N) is 1. The minimum atomic E-state index is -0.529. The lowest BCUT2D eigenvalue weighted by molar-refractivity contribution is 0.142. The predicted octanol–water partition coefficient (Wildman–Crippen LogP) is 2.39. The number of hydrogen-bond acceptors (Lipinski definition) is 4. The molecule has 0 heterocycles. The molecular formula is C11H13ClN2O3. The monoisotopic (exact) mass is 256 g/mol. The van der Waals surface area contributed by atoms with E-state index < -0.39 is 6.09 Å². The molecule has 0 atom stereocenters. The van der Waals surface area contributed by atoms with Crippen LogP contribution in [0.1, 0.15) is 18.1 Å². The van der Waals surface area contributed by atoms with Crippen LogP contribution in [-0.2, 0) is 11.3 Å². The standard InChI is InChI=1S/C11H13ClN2O3/c1-7(14-16)8-3-4-10(12)9(5-8)6-17-11(15)13-2/h3-5,16H,6H2,1-2H3,(H,13,15)/b14-7-. The topological polar surface area (TPSA) is 70.9 Å². The minimum absolute atomic E-state index is 0.0606. The summed E-state index contributed by atoms with van der Waals surface area (Å²) >= 11 is 5.96. The second-order valence-corrected chi connectivity index (χ2v) is 3.72. The van der Waals surface area contributed by atoms with E-state index in [0.29, 0.717) is 21.9 Å². The molecule has 0 aliphatic carbocycles. The second-order valence-electron chi connectivity index (χ2n) is 3.32. The van der Waals surface area contributed by atoms with E-state index in [1.807, 2.05) is 0 Å². The van der Waals surface area contributed by atoms with Crippen molar-refractivity contribution in [2.75, 3.05) is 7.05 Å². The Kier molecular flexibility index (Phi) is 4.78. The first-order chi connectivity index (χ1) is 8.08. The van der Waals surface area contributed by atoms with E-state index in [1.54, 1.807) is 25.1 Å². The molecule has 1 rings (SSSR count). The first-order valence-electron chi connectivity index (χ1n) is 4.90. The van der Waals surface area contributed by atoms with Crippen molar-refractivity contribution in [1.29, 1.82) is 0 Å². The van der Waals surface area contributed by atoms with Gasteiger partial charge in [-0.15, -0.1) is 0 Å². The number of amides is 1. The van der Waals surface area contributed by atoms with Crippen molar-refractivity contribution in [2.45, 2.75) is 13.5 Å². The summed E-state index contributed by atoms with van der Waals surface area (Å²) in [5.41, 5.74) is 1.83. The highest BCUT2D eigenvalue weighted by atomic mass is 35.5. The molecule has 0 spiro atoms. The van der Waals surface area contributed by atoms with Gasteiger partial charge in [-0.25, -0.2) is 4.79 Å². The third-order valence-electron chi connectivity index (χ3n) is 2.18. The van der Waals surface area contributed by atoms with Crippen LogP contribution in [0.15, 0.2) is 23.4 Å². The van der Waals surface area contributed by atoms with Crippen LogP contribution in [-0.4, -0.2) is 24.1 Å². The lowest BCUT2D eigenvalue weighted by Gasteiger charge is -2.08. The van der Waals surface area contributed by atoms with Gasteiger partial charge in [0.1, 0.15) is 6.61 Å². The van der Waals surface area contributed by atoms with Gasteiger partial charge in [-0.1, -0.05) is 22.8 Å². The summed E-state index contributed by atoms with van der Waals surface area (Å²) in [6.45, 7) is 1.72. The van der Waals surface area contributed by atoms with Crippen LogP contribution >= 0.6 is 11.6 Å². The van der Waals surface area contributed by atoms with Gasteiger partial charge in [-0.3, -0.25) is 0 Å². The van der Waals surface area contributed by atoms with Gasteiger partial charge in [0, 0.05) is 17.6 Å². The van der Waals surface area contributed by atoms with Gasteiger partial charge in [0.05, 0.1) is 5.71 Å². The number of alkyl carbamates (subject to hydrolysis) is 1. The molecule has 0 bridgehead atoms. The normalized spacial score (nSPS) is 11.1. The van der Waals surface area contributed by atoms with Crippen molar-refractivity contribution in [3.8, 4) is 0 Å². The van der Waals surface area contributed by atoms with Crippen molar-refractivity contribution >= 4 is 23.4 Å². The Labute approximate surface area is 104 Å². The zero-order valence-corrected chi connectivity index (χ0v) is 10.3. The molecule has 5 nitrogen and oxygen atoms in total. The quantitative estimate of drug-likeness (QED) is 0.496. The van der Waals surface area contributed by atoms with Crippen molar-refractivity contribution in [2.24, 2.45) is 5.16 Å². The van der Waals surface area contributed by atoms with E-state index in [4.69, 9.17) is 21.5 Å². The van der Waals surface area contributed by atoms with Crippen LogP contribution in [0, 0.1) is 0 Å². The number of halogens is 1. The maximum Gasteiger partial charge on any atom is 0.407 e. The molecule has 0 aliphatic heterocycles. The SMILES string of the molecule is CNC(=O)OCc1cc(/C(C)=N\O)ccc1Cl. The van der Waals surface area contributed by atoms with Gasteiger partial charge < -0.3 is 15.3 Å². The molecular weight excluding hydrogens is 244 g/mol. The van der Waals surface area contributed by atoms with Crippen molar-refractivity contribution in [3.05, 3.63) is 34.3 Å². The molecule has 1 aromatic carbocycles. The highest BCUT2D eigenvalue weighted by Gasteiger charge is 2.07. The third-order valence-corrected chi connectivity index (χ3v) is 2.55. The van der Waals surface area contributed by atoms with E-state index in [1.165, 1.54) is 7.05 Å². The smallest absolute Gasteiger partial charge is 0.407 e. The Hall–Kier alpha value is -1.75. The van der Waals surface area contributed by atoms with Gasteiger partial charge in [0.15, 0.2) is 0 Å². The largest absolute Gasteiger partial charge is 0.445 e. The maximum absolute atomic E-state index is 10.9. The Morgan fingerprint density at radius 1 is 1.59 bits per heavy atom. The number of benzene rings is 1. The number of carbonyl (C=O) groups excluding carboxylic acids is 1. The van der Waals surface area contributed by atoms with E-state index >= 15 is 0 Å². The molecule has 0 saturated carbocycles. The van der Waals surface area contributed by atoms with Crippen LogP contribution in [0.25, 0.3) is 0 Å². The number of carbonyl (C=O) groups is 1. The first kappa shape index (κ1) is 13.3. The number of oxime groups is 1. The van der Waals surface area contributed by atoms with Gasteiger partial charge >= 0.3 is 6.09 Å². The van der Waals surface area contributed by atoms with Crippen LogP contribution < -0.4 is 5.32 Å². The summed E-state index contributed by atoms with van der Waals surface area (Å²) in [7, 11) is 1.48. The van der Waals surface area contributed by atoms with Gasteiger partial charge in [0.2, 0.25) is 0 Å². The minimum Gasteiger partial charge on any atom is -0.445 e. The molecule has 2 N–H and O–H groups in total. The average molecular weight is 257 g/mol. The highest BCUT2D eigenvalue weighted by molar-refractivity contribution is 6.31. The first-order valence-corrected chi connectivity index (χ1v) is 5.28. The lowest BCUT2D eigenvalue weighted by Crippen LogP contribution is -2.19. The fraction of sp³-hybridized carbons (Fsp3) is 0.273. The lowest BCUT2D eigenvalue weighted by atomic mass is 10.1. The Bertz CT molecular complexity index is 446. The van der Waals surface area contributed by atoms with Crippen molar-refractivity contribution in [3.63, 3.8) is 0 Å². The molecule has 17 heavy (non-hydrogen) atoms. The molecule has 0 radical (unpaired) electrons. The number of hydrogen-bond donors (Lipinski definition) is 2. The summed E-state index contributed by atoms with van der Waals surface area (Å²) in [6, 6.07) is 5.09. The molecule has 0 aromatic heterocycles. The zero-order chi connectivity index (χ0) is 12.8. The van der Waals surface area contributed by atoms with Crippen LogP contribution in [0.3, 0.4) is 0 Å². The summed E-state index contributed by atoms with van der Waals surface area (Å²) in [4.78, 5) is 10.9.